The normalized spacial score (nSPS) is 24.1. The Labute approximate surface area is 215 Å². The maximum atomic E-state index is 13.0. The van der Waals surface area contributed by atoms with E-state index in [0.717, 1.165) is 44.9 Å². The summed E-state index contributed by atoms with van der Waals surface area (Å²) in [6, 6.07) is 9.99. The van der Waals surface area contributed by atoms with Gasteiger partial charge in [0.05, 0.1) is 24.5 Å². The van der Waals surface area contributed by atoms with Crippen molar-refractivity contribution in [1.82, 2.24) is 19.8 Å². The predicted octanol–water partition coefficient (Wildman–Crippen LogP) is 3.17. The van der Waals surface area contributed by atoms with Crippen LogP contribution in [0.3, 0.4) is 0 Å². The molecule has 3 fully saturated rings. The third kappa shape index (κ3) is 5.13. The number of amides is 1. The van der Waals surface area contributed by atoms with Crippen molar-refractivity contribution in [3.8, 4) is 0 Å². The summed E-state index contributed by atoms with van der Waals surface area (Å²) in [5, 5.41) is 0. The molecule has 2 saturated heterocycles. The minimum atomic E-state index is -4.75. The van der Waals surface area contributed by atoms with E-state index >= 15 is 0 Å². The molecule has 1 amide bonds. The molecule has 2 aromatic rings. The molecule has 0 N–H and O–H groups in total. The van der Waals surface area contributed by atoms with Crippen LogP contribution >= 0.6 is 0 Å². The average molecular weight is 536 g/mol. The highest BCUT2D eigenvalue weighted by molar-refractivity contribution is 7.91. The zero-order valence-corrected chi connectivity index (χ0v) is 21.7. The highest BCUT2D eigenvalue weighted by Crippen LogP contribution is 2.50. The van der Waals surface area contributed by atoms with Gasteiger partial charge in [0.2, 0.25) is 15.8 Å². The monoisotopic (exact) mass is 535 g/mol. The highest BCUT2D eigenvalue weighted by Gasteiger charge is 2.54. The van der Waals surface area contributed by atoms with Gasteiger partial charge in [-0.15, -0.1) is 0 Å². The molecule has 1 aliphatic carbocycles. The molecule has 2 aliphatic heterocycles. The van der Waals surface area contributed by atoms with Gasteiger partial charge in [0, 0.05) is 38.1 Å². The third-order valence-electron chi connectivity index (χ3n) is 7.55. The maximum absolute atomic E-state index is 13.0. The summed E-state index contributed by atoms with van der Waals surface area (Å²) < 4.78 is 54.6. The molecule has 37 heavy (non-hydrogen) atoms. The number of alkyl halides is 2. The zero-order chi connectivity index (χ0) is 26.4. The Balaban J connectivity index is 1.10. The number of carbonyl (C=O) groups is 1. The van der Waals surface area contributed by atoms with Crippen LogP contribution in [-0.2, 0) is 21.1 Å². The molecule has 200 valence electrons. The lowest BCUT2D eigenvalue weighted by Gasteiger charge is -2.58. The molecule has 1 aromatic carbocycles. The summed E-state index contributed by atoms with van der Waals surface area (Å²) in [7, 11) is -4.75. The summed E-state index contributed by atoms with van der Waals surface area (Å²) >= 11 is 0. The summed E-state index contributed by atoms with van der Waals surface area (Å²) in [6.07, 6.45) is 3.15. The van der Waals surface area contributed by atoms with Crippen LogP contribution in [0.2, 0.25) is 0 Å². The van der Waals surface area contributed by atoms with Crippen LogP contribution < -0.4 is 4.90 Å². The first-order chi connectivity index (χ1) is 17.6. The van der Waals surface area contributed by atoms with Gasteiger partial charge >= 0.3 is 11.9 Å². The number of hydrogen-bond acceptors (Lipinski definition) is 8. The third-order valence-corrected chi connectivity index (χ3v) is 8.88. The van der Waals surface area contributed by atoms with Crippen molar-refractivity contribution >= 4 is 21.9 Å². The van der Waals surface area contributed by atoms with Crippen molar-refractivity contribution in [3.05, 3.63) is 48.3 Å². The number of likely N-dealkylation sites (tertiary alicyclic amines) is 1. The molecule has 1 saturated carbocycles. The number of hydrogen-bond donors (Lipinski definition) is 0. The molecule has 0 unspecified atom stereocenters. The first-order valence-corrected chi connectivity index (χ1v) is 14.0. The summed E-state index contributed by atoms with van der Waals surface area (Å²) in [6.45, 7) is 7.61. The lowest BCUT2D eigenvalue weighted by molar-refractivity contribution is -0.137. The summed E-state index contributed by atoms with van der Waals surface area (Å²) in [5.41, 5.74) is 1.57. The Kier molecular flexibility index (Phi) is 6.82. The largest absolute Gasteiger partial charge is 0.446 e. The molecule has 0 radical (unpaired) electrons. The molecule has 3 aliphatic rings. The van der Waals surface area contributed by atoms with E-state index in [0.29, 0.717) is 13.1 Å². The van der Waals surface area contributed by atoms with Gasteiger partial charge in [-0.2, -0.15) is 8.78 Å². The van der Waals surface area contributed by atoms with Gasteiger partial charge in [-0.25, -0.2) is 23.2 Å². The second-order valence-electron chi connectivity index (χ2n) is 10.6. The minimum absolute atomic E-state index is 0.0727. The number of piperazine rings is 1. The van der Waals surface area contributed by atoms with Crippen LogP contribution in [0.15, 0.2) is 47.6 Å². The zero-order valence-electron chi connectivity index (χ0n) is 20.8. The Morgan fingerprint density at radius 2 is 1.68 bits per heavy atom. The predicted molar refractivity (Wildman–Crippen MR) is 132 cm³/mol. The van der Waals surface area contributed by atoms with Crippen molar-refractivity contribution in [2.24, 2.45) is 5.41 Å². The second kappa shape index (κ2) is 9.79. The maximum Gasteiger partial charge on any atom is 0.410 e. The van der Waals surface area contributed by atoms with Crippen molar-refractivity contribution < 1.29 is 26.7 Å². The number of halogens is 2. The molecule has 1 aromatic heterocycles. The van der Waals surface area contributed by atoms with Gasteiger partial charge < -0.3 is 9.64 Å². The van der Waals surface area contributed by atoms with Crippen molar-refractivity contribution in [2.75, 3.05) is 31.1 Å². The molecular formula is C25H31F2N5O4S. The molecular weight excluding hydrogens is 504 g/mol. The SMILES string of the molecule is C[C@@H]1CN(c2ncc(S(=O)(=O)C(F)F)cn2)C[C@H](C)N1C(=O)OC1CC2(C1)CN(Cc1ccccc1)C2. The van der Waals surface area contributed by atoms with Gasteiger partial charge in [-0.3, -0.25) is 9.80 Å². The Morgan fingerprint density at radius 1 is 1.08 bits per heavy atom. The van der Waals surface area contributed by atoms with Crippen LogP contribution in [-0.4, -0.2) is 84.4 Å². The fraction of sp³-hybridized carbons (Fsp3) is 0.560. The van der Waals surface area contributed by atoms with Crippen LogP contribution in [0.1, 0.15) is 32.3 Å². The van der Waals surface area contributed by atoms with Gasteiger partial charge in [-0.05, 0) is 32.3 Å². The fourth-order valence-corrected chi connectivity index (χ4v) is 6.48. The van der Waals surface area contributed by atoms with E-state index in [4.69, 9.17) is 4.74 Å². The molecule has 12 heteroatoms. The van der Waals surface area contributed by atoms with Crippen LogP contribution in [0, 0.1) is 5.41 Å². The number of carbonyl (C=O) groups excluding carboxylic acids is 1. The van der Waals surface area contributed by atoms with Crippen molar-refractivity contribution in [1.29, 1.82) is 0 Å². The average Bonchev–Trinajstić information content (AvgIpc) is 2.81. The van der Waals surface area contributed by atoms with Crippen LogP contribution in [0.4, 0.5) is 19.5 Å². The van der Waals surface area contributed by atoms with E-state index in [2.05, 4.69) is 39.1 Å². The number of anilines is 1. The number of rotatable bonds is 6. The first kappa shape index (κ1) is 25.8. The molecule has 3 heterocycles. The lowest BCUT2D eigenvalue weighted by atomic mass is 9.61. The molecule has 1 spiro atoms. The van der Waals surface area contributed by atoms with Crippen LogP contribution in [0.25, 0.3) is 0 Å². The van der Waals surface area contributed by atoms with Crippen LogP contribution in [0.5, 0.6) is 0 Å². The molecule has 2 atom stereocenters. The topological polar surface area (TPSA) is 95.9 Å². The molecule has 0 bridgehead atoms. The number of sulfone groups is 1. The quantitative estimate of drug-likeness (QED) is 0.557. The number of ether oxygens (including phenoxy) is 1. The van der Waals surface area contributed by atoms with E-state index in [-0.39, 0.29) is 35.6 Å². The van der Waals surface area contributed by atoms with E-state index in [1.807, 2.05) is 24.8 Å². The number of aromatic nitrogens is 2. The Hall–Kier alpha value is -2.86. The highest BCUT2D eigenvalue weighted by atomic mass is 32.2. The standard InChI is InChI=1S/C25H31F2N5O4S/c1-17-12-31(23-28-10-21(11-29-23)37(34,35)22(26)27)13-18(2)32(17)24(33)36-20-8-25(9-20)15-30(16-25)14-19-6-4-3-5-7-19/h3-7,10-11,17-18,20,22H,8-9,12-16H2,1-2H3/t17-,18+. The summed E-state index contributed by atoms with van der Waals surface area (Å²) in [4.78, 5) is 26.3. The minimum Gasteiger partial charge on any atom is -0.446 e. The lowest BCUT2D eigenvalue weighted by Crippen LogP contribution is -2.65. The summed E-state index contributed by atoms with van der Waals surface area (Å²) in [5.74, 6) is -3.30. The van der Waals surface area contributed by atoms with Gasteiger partial charge in [0.15, 0.2) is 0 Å². The van der Waals surface area contributed by atoms with E-state index in [1.165, 1.54) is 5.56 Å². The van der Waals surface area contributed by atoms with Gasteiger partial charge in [0.1, 0.15) is 11.0 Å². The number of benzene rings is 1. The second-order valence-corrected chi connectivity index (χ2v) is 12.5. The van der Waals surface area contributed by atoms with E-state index in [1.54, 1.807) is 4.90 Å². The van der Waals surface area contributed by atoms with E-state index < -0.39 is 20.5 Å². The molecule has 9 nitrogen and oxygen atoms in total. The van der Waals surface area contributed by atoms with Crippen molar-refractivity contribution in [3.63, 3.8) is 0 Å². The molecule has 5 rings (SSSR count). The number of nitrogens with zero attached hydrogens (tertiary/aromatic N) is 5. The Morgan fingerprint density at radius 3 is 2.24 bits per heavy atom. The van der Waals surface area contributed by atoms with Crippen molar-refractivity contribution in [2.45, 2.75) is 62.1 Å². The smallest absolute Gasteiger partial charge is 0.410 e. The first-order valence-electron chi connectivity index (χ1n) is 12.4. The van der Waals surface area contributed by atoms with E-state index in [9.17, 15) is 22.0 Å². The fourth-order valence-electron chi connectivity index (χ4n) is 5.88. The van der Waals surface area contributed by atoms with Gasteiger partial charge in [-0.1, -0.05) is 30.3 Å². The Bertz CT molecular complexity index is 1210. The van der Waals surface area contributed by atoms with Gasteiger partial charge in [0.25, 0.3) is 0 Å².